The molecule has 6 heteroatoms. The van der Waals surface area contributed by atoms with Crippen LogP contribution in [0, 0.1) is 0 Å². The lowest BCUT2D eigenvalue weighted by Crippen LogP contribution is -2.31. The van der Waals surface area contributed by atoms with Gasteiger partial charge in [-0.25, -0.2) is 0 Å². The van der Waals surface area contributed by atoms with E-state index in [1.54, 1.807) is 24.3 Å². The molecule has 0 saturated heterocycles. The molecule has 124 valence electrons. The molecular weight excluding hydrogens is 326 g/mol. The number of carbonyl (C=O) groups excluding carboxylic acids is 1. The Labute approximate surface area is 144 Å². The molecule has 0 saturated carbocycles. The smallest absolute Gasteiger partial charge is 0.253 e. The lowest BCUT2D eigenvalue weighted by Gasteiger charge is -2.12. The summed E-state index contributed by atoms with van der Waals surface area (Å²) >= 11 is 6.23. The largest absolute Gasteiger partial charge is 0.354 e. The van der Waals surface area contributed by atoms with Gasteiger partial charge in [-0.15, -0.1) is 0 Å². The number of amides is 1. The number of H-pyrrole nitrogens is 1. The van der Waals surface area contributed by atoms with E-state index >= 15 is 0 Å². The molecular formula is C18H18ClN3O2. The van der Waals surface area contributed by atoms with Crippen molar-refractivity contribution in [2.45, 2.75) is 0 Å². The van der Waals surface area contributed by atoms with E-state index in [0.29, 0.717) is 38.9 Å². The second-order valence-corrected chi connectivity index (χ2v) is 6.31. The number of rotatable bonds is 4. The number of hydrogen-bond donors (Lipinski definition) is 2. The van der Waals surface area contributed by atoms with Gasteiger partial charge in [-0.3, -0.25) is 9.59 Å². The summed E-state index contributed by atoms with van der Waals surface area (Å²) in [5.74, 6) is -0.232. The molecule has 0 spiro atoms. The van der Waals surface area contributed by atoms with Crippen molar-refractivity contribution in [1.29, 1.82) is 0 Å². The van der Waals surface area contributed by atoms with Crippen molar-refractivity contribution >= 4 is 39.3 Å². The predicted molar refractivity (Wildman–Crippen MR) is 98.0 cm³/mol. The van der Waals surface area contributed by atoms with Crippen LogP contribution in [0.3, 0.4) is 0 Å². The number of hydrogen-bond acceptors (Lipinski definition) is 3. The monoisotopic (exact) mass is 343 g/mol. The quantitative estimate of drug-likeness (QED) is 0.716. The van der Waals surface area contributed by atoms with Crippen molar-refractivity contribution < 1.29 is 4.79 Å². The van der Waals surface area contributed by atoms with Gasteiger partial charge in [0.2, 0.25) is 0 Å². The average molecular weight is 344 g/mol. The maximum atomic E-state index is 12.7. The minimum Gasteiger partial charge on any atom is -0.354 e. The van der Waals surface area contributed by atoms with Gasteiger partial charge in [0.05, 0.1) is 21.5 Å². The zero-order chi connectivity index (χ0) is 17.3. The van der Waals surface area contributed by atoms with Gasteiger partial charge >= 0.3 is 0 Å². The lowest BCUT2D eigenvalue weighted by molar-refractivity contribution is 0.0952. The molecule has 0 aliphatic rings. The SMILES string of the molecule is CN(C)CCNC(=O)c1ccc(Cl)c2c(=O)c3ccccc3[nH]c12. The van der Waals surface area contributed by atoms with Crippen LogP contribution in [0.5, 0.6) is 0 Å². The van der Waals surface area contributed by atoms with Crippen LogP contribution in [-0.4, -0.2) is 43.0 Å². The molecule has 0 atom stereocenters. The average Bonchev–Trinajstić information content (AvgIpc) is 2.54. The number of fused-ring (bicyclic) bond motifs is 2. The molecule has 0 aliphatic carbocycles. The van der Waals surface area contributed by atoms with Crippen LogP contribution in [-0.2, 0) is 0 Å². The van der Waals surface area contributed by atoms with Gasteiger partial charge in [-0.05, 0) is 38.4 Å². The van der Waals surface area contributed by atoms with Crippen molar-refractivity contribution in [2.75, 3.05) is 27.2 Å². The maximum Gasteiger partial charge on any atom is 0.253 e. The van der Waals surface area contributed by atoms with Gasteiger partial charge in [0.15, 0.2) is 5.43 Å². The van der Waals surface area contributed by atoms with E-state index in [9.17, 15) is 9.59 Å². The number of pyridine rings is 1. The molecule has 3 rings (SSSR count). The molecule has 2 aromatic carbocycles. The molecule has 5 nitrogen and oxygen atoms in total. The Kier molecular flexibility index (Phi) is 4.55. The third-order valence-electron chi connectivity index (χ3n) is 3.90. The fourth-order valence-electron chi connectivity index (χ4n) is 2.67. The summed E-state index contributed by atoms with van der Waals surface area (Å²) in [4.78, 5) is 30.4. The second-order valence-electron chi connectivity index (χ2n) is 5.90. The Bertz CT molecular complexity index is 979. The van der Waals surface area contributed by atoms with Crippen LogP contribution in [0.15, 0.2) is 41.2 Å². The van der Waals surface area contributed by atoms with Crippen LogP contribution in [0.4, 0.5) is 0 Å². The number of halogens is 1. The van der Waals surface area contributed by atoms with Crippen LogP contribution >= 0.6 is 11.6 Å². The highest BCUT2D eigenvalue weighted by Gasteiger charge is 2.16. The second kappa shape index (κ2) is 6.63. The van der Waals surface area contributed by atoms with Gasteiger partial charge in [0.25, 0.3) is 5.91 Å². The Morgan fingerprint density at radius 2 is 1.96 bits per heavy atom. The van der Waals surface area contributed by atoms with E-state index in [-0.39, 0.29) is 11.3 Å². The first-order valence-electron chi connectivity index (χ1n) is 7.65. The third kappa shape index (κ3) is 3.00. The predicted octanol–water partition coefficient (Wildman–Crippen LogP) is 2.63. The van der Waals surface area contributed by atoms with Crippen molar-refractivity contribution in [3.05, 3.63) is 57.2 Å². The molecule has 0 aliphatic heterocycles. The first kappa shape index (κ1) is 16.5. The topological polar surface area (TPSA) is 65.2 Å². The highest BCUT2D eigenvalue weighted by Crippen LogP contribution is 2.25. The van der Waals surface area contributed by atoms with Gasteiger partial charge in [0, 0.05) is 24.0 Å². The summed E-state index contributed by atoms with van der Waals surface area (Å²) < 4.78 is 0. The summed E-state index contributed by atoms with van der Waals surface area (Å²) in [5.41, 5.74) is 1.39. The standard InChI is InChI=1S/C18H18ClN3O2/c1-22(2)10-9-20-18(24)12-7-8-13(19)15-16(12)21-14-6-4-3-5-11(14)17(15)23/h3-8H,9-10H2,1-2H3,(H,20,24)(H,21,23). The number of aromatic amines is 1. The molecule has 2 N–H and O–H groups in total. The Morgan fingerprint density at radius 1 is 1.21 bits per heavy atom. The summed E-state index contributed by atoms with van der Waals surface area (Å²) in [5, 5.41) is 4.09. The minimum absolute atomic E-state index is 0.174. The highest BCUT2D eigenvalue weighted by atomic mass is 35.5. The number of para-hydroxylation sites is 1. The fourth-order valence-corrected chi connectivity index (χ4v) is 2.91. The number of likely N-dealkylation sites (N-methyl/N-ethyl adjacent to an activating group) is 1. The lowest BCUT2D eigenvalue weighted by atomic mass is 10.1. The van der Waals surface area contributed by atoms with Gasteiger partial charge in [0.1, 0.15) is 0 Å². The Morgan fingerprint density at radius 3 is 2.71 bits per heavy atom. The van der Waals surface area contributed by atoms with Crippen LogP contribution in [0.2, 0.25) is 5.02 Å². The van der Waals surface area contributed by atoms with Crippen molar-refractivity contribution in [3.8, 4) is 0 Å². The molecule has 1 aromatic heterocycles. The van der Waals surface area contributed by atoms with E-state index in [2.05, 4.69) is 10.3 Å². The zero-order valence-electron chi connectivity index (χ0n) is 13.5. The molecule has 0 fully saturated rings. The summed E-state index contributed by atoms with van der Waals surface area (Å²) in [7, 11) is 3.88. The van der Waals surface area contributed by atoms with E-state index < -0.39 is 0 Å². The van der Waals surface area contributed by atoms with Gasteiger partial charge in [-0.1, -0.05) is 23.7 Å². The molecule has 1 heterocycles. The van der Waals surface area contributed by atoms with Crippen LogP contribution in [0.1, 0.15) is 10.4 Å². The number of nitrogens with one attached hydrogen (secondary N) is 2. The molecule has 24 heavy (non-hydrogen) atoms. The van der Waals surface area contributed by atoms with Gasteiger partial charge < -0.3 is 15.2 Å². The Hall–Kier alpha value is -2.37. The number of nitrogens with zero attached hydrogens (tertiary/aromatic N) is 1. The van der Waals surface area contributed by atoms with E-state index in [4.69, 9.17) is 11.6 Å². The van der Waals surface area contributed by atoms with Crippen molar-refractivity contribution in [2.24, 2.45) is 0 Å². The third-order valence-corrected chi connectivity index (χ3v) is 4.22. The molecule has 1 amide bonds. The van der Waals surface area contributed by atoms with Crippen molar-refractivity contribution in [3.63, 3.8) is 0 Å². The zero-order valence-corrected chi connectivity index (χ0v) is 14.3. The summed E-state index contributed by atoms with van der Waals surface area (Å²) in [6.45, 7) is 1.25. The van der Waals surface area contributed by atoms with Crippen LogP contribution in [0.25, 0.3) is 21.8 Å². The van der Waals surface area contributed by atoms with Gasteiger partial charge in [-0.2, -0.15) is 0 Å². The van der Waals surface area contributed by atoms with Crippen LogP contribution < -0.4 is 10.7 Å². The molecule has 0 unspecified atom stereocenters. The molecule has 0 bridgehead atoms. The van der Waals surface area contributed by atoms with E-state index in [1.807, 2.05) is 31.1 Å². The fraction of sp³-hybridized carbons (Fsp3) is 0.222. The van der Waals surface area contributed by atoms with E-state index in [1.165, 1.54) is 0 Å². The summed E-state index contributed by atoms with van der Waals surface area (Å²) in [6.07, 6.45) is 0. The van der Waals surface area contributed by atoms with Crippen molar-refractivity contribution in [1.82, 2.24) is 15.2 Å². The number of carbonyl (C=O) groups is 1. The first-order valence-corrected chi connectivity index (χ1v) is 8.03. The molecule has 0 radical (unpaired) electrons. The van der Waals surface area contributed by atoms with E-state index in [0.717, 1.165) is 6.54 Å². The molecule has 3 aromatic rings. The highest BCUT2D eigenvalue weighted by molar-refractivity contribution is 6.36. The Balaban J connectivity index is 2.14. The summed E-state index contributed by atoms with van der Waals surface area (Å²) in [6, 6.07) is 10.4. The normalized spacial score (nSPS) is 11.3. The maximum absolute atomic E-state index is 12.7. The first-order chi connectivity index (χ1) is 11.5. The number of benzene rings is 2. The minimum atomic E-state index is -0.232. The number of aromatic nitrogens is 1.